The second kappa shape index (κ2) is 7.77. The Hall–Kier alpha value is -2.64. The van der Waals surface area contributed by atoms with Crippen LogP contribution in [0.15, 0.2) is 29.1 Å². The lowest BCUT2D eigenvalue weighted by Crippen LogP contribution is -2.33. The summed E-state index contributed by atoms with van der Waals surface area (Å²) in [6.45, 7) is 6.93. The van der Waals surface area contributed by atoms with Crippen LogP contribution < -0.4 is 10.9 Å². The van der Waals surface area contributed by atoms with Crippen LogP contribution in [0, 0.1) is 27.7 Å². The Morgan fingerprint density at radius 1 is 1.11 bits per heavy atom. The molecule has 1 aromatic carbocycles. The Labute approximate surface area is 171 Å². The lowest BCUT2D eigenvalue weighted by molar-refractivity contribution is -0.116. The number of aromatic nitrogens is 4. The van der Waals surface area contributed by atoms with Crippen molar-refractivity contribution in [2.75, 3.05) is 5.32 Å². The van der Waals surface area contributed by atoms with Gasteiger partial charge in [-0.3, -0.25) is 14.2 Å². The maximum atomic E-state index is 12.9. The molecular weight excluding hydrogens is 401 g/mol. The van der Waals surface area contributed by atoms with E-state index in [1.807, 2.05) is 19.9 Å². The minimum Gasteiger partial charge on any atom is -0.324 e. The third-order valence-corrected chi connectivity index (χ3v) is 5.06. The van der Waals surface area contributed by atoms with Gasteiger partial charge >= 0.3 is 0 Å². The number of nitrogens with one attached hydrogen (secondary N) is 1. The van der Waals surface area contributed by atoms with Crippen molar-refractivity contribution < 1.29 is 4.79 Å². The fourth-order valence-electron chi connectivity index (χ4n) is 2.80. The van der Waals surface area contributed by atoms with Crippen LogP contribution >= 0.6 is 23.2 Å². The highest BCUT2D eigenvalue weighted by Gasteiger charge is 2.18. The molecule has 146 valence electrons. The van der Waals surface area contributed by atoms with E-state index in [1.54, 1.807) is 36.7 Å². The summed E-state index contributed by atoms with van der Waals surface area (Å²) in [5.74, 6) is -0.101. The number of carbonyl (C=O) groups excluding carboxylic acids is 1. The van der Waals surface area contributed by atoms with E-state index in [1.165, 1.54) is 4.57 Å². The van der Waals surface area contributed by atoms with Crippen LogP contribution in [-0.2, 0) is 11.3 Å². The maximum Gasteiger partial charge on any atom is 0.258 e. The third-order valence-electron chi connectivity index (χ3n) is 4.32. The predicted octanol–water partition coefficient (Wildman–Crippen LogP) is 3.61. The summed E-state index contributed by atoms with van der Waals surface area (Å²) >= 11 is 11.9. The molecule has 3 rings (SSSR count). The van der Waals surface area contributed by atoms with E-state index in [2.05, 4.69) is 15.4 Å². The molecule has 0 radical (unpaired) electrons. The Morgan fingerprint density at radius 3 is 2.43 bits per heavy atom. The first-order valence-electron chi connectivity index (χ1n) is 8.54. The van der Waals surface area contributed by atoms with E-state index in [4.69, 9.17) is 23.2 Å². The number of carbonyl (C=O) groups is 1. The fourth-order valence-corrected chi connectivity index (χ4v) is 3.09. The van der Waals surface area contributed by atoms with Gasteiger partial charge in [-0.25, -0.2) is 9.67 Å². The highest BCUT2D eigenvalue weighted by molar-refractivity contribution is 6.42. The zero-order valence-electron chi connectivity index (χ0n) is 15.9. The smallest absolute Gasteiger partial charge is 0.258 e. The summed E-state index contributed by atoms with van der Waals surface area (Å²) in [5, 5.41) is 7.83. The molecule has 0 atom stereocenters. The van der Waals surface area contributed by atoms with E-state index >= 15 is 0 Å². The van der Waals surface area contributed by atoms with Crippen molar-refractivity contribution in [2.24, 2.45) is 0 Å². The number of benzene rings is 1. The first-order valence-corrected chi connectivity index (χ1v) is 9.29. The average Bonchev–Trinajstić information content (AvgIpc) is 2.96. The molecule has 2 heterocycles. The molecule has 28 heavy (non-hydrogen) atoms. The van der Waals surface area contributed by atoms with Crippen LogP contribution in [0.1, 0.15) is 22.6 Å². The van der Waals surface area contributed by atoms with Gasteiger partial charge in [0, 0.05) is 22.6 Å². The van der Waals surface area contributed by atoms with E-state index < -0.39 is 5.91 Å². The zero-order valence-corrected chi connectivity index (χ0v) is 17.4. The molecule has 1 N–H and O–H groups in total. The maximum absolute atomic E-state index is 12.9. The molecule has 0 aliphatic heterocycles. The molecule has 0 bridgehead atoms. The molecular formula is C19H19Cl2N5O2. The highest BCUT2D eigenvalue weighted by atomic mass is 35.5. The summed E-state index contributed by atoms with van der Waals surface area (Å²) < 4.78 is 2.88. The summed E-state index contributed by atoms with van der Waals surface area (Å²) in [6.07, 6.45) is 0. The van der Waals surface area contributed by atoms with Gasteiger partial charge in [0.2, 0.25) is 11.9 Å². The molecule has 2 aromatic heterocycles. The Kier molecular flexibility index (Phi) is 5.58. The van der Waals surface area contributed by atoms with E-state index in [9.17, 15) is 9.59 Å². The minimum atomic E-state index is -0.395. The molecule has 3 aromatic rings. The molecule has 7 nitrogen and oxygen atoms in total. The Balaban J connectivity index is 1.99. The minimum absolute atomic E-state index is 0.221. The summed E-state index contributed by atoms with van der Waals surface area (Å²) in [7, 11) is 0. The molecule has 0 aliphatic rings. The second-order valence-corrected chi connectivity index (χ2v) is 7.34. The number of hydrogen-bond donors (Lipinski definition) is 1. The lowest BCUT2D eigenvalue weighted by atomic mass is 10.2. The molecule has 0 unspecified atom stereocenters. The largest absolute Gasteiger partial charge is 0.324 e. The second-order valence-electron chi connectivity index (χ2n) is 6.53. The van der Waals surface area contributed by atoms with Crippen LogP contribution in [0.2, 0.25) is 10.0 Å². The van der Waals surface area contributed by atoms with Gasteiger partial charge in [-0.15, -0.1) is 0 Å². The molecule has 0 aliphatic carbocycles. The molecule has 0 fully saturated rings. The molecule has 0 spiro atoms. The standard InChI is InChI=1S/C19H19Cl2N5O2/c1-10-7-11(2)26(24-10)19-22-13(4)12(3)18(28)25(19)9-17(27)23-14-5-6-15(20)16(21)8-14/h5-8H,9H2,1-4H3,(H,23,27). The van der Waals surface area contributed by atoms with Gasteiger partial charge in [-0.1, -0.05) is 23.2 Å². The molecule has 1 amide bonds. The van der Waals surface area contributed by atoms with Crippen molar-refractivity contribution in [2.45, 2.75) is 34.2 Å². The van der Waals surface area contributed by atoms with E-state index in [-0.39, 0.29) is 12.1 Å². The van der Waals surface area contributed by atoms with Crippen molar-refractivity contribution in [1.82, 2.24) is 19.3 Å². The van der Waals surface area contributed by atoms with Crippen LogP contribution in [0.4, 0.5) is 5.69 Å². The van der Waals surface area contributed by atoms with Gasteiger partial charge in [-0.05, 0) is 52.0 Å². The first-order chi connectivity index (χ1) is 13.2. The van der Waals surface area contributed by atoms with E-state index in [0.717, 1.165) is 11.4 Å². The van der Waals surface area contributed by atoms with Crippen LogP contribution in [-0.4, -0.2) is 25.2 Å². The van der Waals surface area contributed by atoms with Gasteiger partial charge in [0.25, 0.3) is 5.56 Å². The molecule has 0 saturated carbocycles. The fraction of sp³-hybridized carbons (Fsp3) is 0.263. The van der Waals surface area contributed by atoms with Gasteiger partial charge < -0.3 is 5.32 Å². The number of hydrogen-bond acceptors (Lipinski definition) is 4. The number of halogens is 2. The van der Waals surface area contributed by atoms with E-state index in [0.29, 0.717) is 32.9 Å². The number of nitrogens with zero attached hydrogens (tertiary/aromatic N) is 4. The summed E-state index contributed by atoms with van der Waals surface area (Å²) in [6, 6.07) is 6.65. The van der Waals surface area contributed by atoms with Gasteiger partial charge in [0.1, 0.15) is 6.54 Å². The normalized spacial score (nSPS) is 10.9. The predicted molar refractivity (Wildman–Crippen MR) is 110 cm³/mol. The quantitative estimate of drug-likeness (QED) is 0.699. The van der Waals surface area contributed by atoms with Gasteiger partial charge in [0.15, 0.2) is 0 Å². The SMILES string of the molecule is Cc1cc(C)n(-c2nc(C)c(C)c(=O)n2CC(=O)Nc2ccc(Cl)c(Cl)c2)n1. The van der Waals surface area contributed by atoms with Crippen molar-refractivity contribution in [1.29, 1.82) is 0 Å². The van der Waals surface area contributed by atoms with Crippen molar-refractivity contribution in [3.05, 3.63) is 67.3 Å². The molecule has 9 heteroatoms. The van der Waals surface area contributed by atoms with Crippen LogP contribution in [0.25, 0.3) is 5.95 Å². The zero-order chi connectivity index (χ0) is 20.6. The topological polar surface area (TPSA) is 81.8 Å². The van der Waals surface area contributed by atoms with Crippen LogP contribution in [0.5, 0.6) is 0 Å². The van der Waals surface area contributed by atoms with Gasteiger partial charge in [0.05, 0.1) is 15.7 Å². The Morgan fingerprint density at radius 2 is 1.82 bits per heavy atom. The van der Waals surface area contributed by atoms with Gasteiger partial charge in [-0.2, -0.15) is 5.10 Å². The highest BCUT2D eigenvalue weighted by Crippen LogP contribution is 2.25. The average molecular weight is 420 g/mol. The third kappa shape index (κ3) is 3.95. The van der Waals surface area contributed by atoms with Crippen molar-refractivity contribution in [3.63, 3.8) is 0 Å². The number of amides is 1. The van der Waals surface area contributed by atoms with Crippen LogP contribution in [0.3, 0.4) is 0 Å². The van der Waals surface area contributed by atoms with Crippen molar-refractivity contribution in [3.8, 4) is 5.95 Å². The summed E-state index contributed by atoms with van der Waals surface area (Å²) in [4.78, 5) is 30.0. The number of aryl methyl sites for hydroxylation is 3. The summed E-state index contributed by atoms with van der Waals surface area (Å²) in [5.41, 5.74) is 2.86. The number of rotatable bonds is 4. The first kappa shape index (κ1) is 20.1. The van der Waals surface area contributed by atoms with Crippen molar-refractivity contribution >= 4 is 34.8 Å². The monoisotopic (exact) mass is 419 g/mol. The molecule has 0 saturated heterocycles. The number of anilines is 1. The lowest BCUT2D eigenvalue weighted by Gasteiger charge is -2.15. The Bertz CT molecular complexity index is 1130.